The van der Waals surface area contributed by atoms with Crippen molar-refractivity contribution < 1.29 is 14.3 Å². The van der Waals surface area contributed by atoms with Crippen LogP contribution in [0.15, 0.2) is 0 Å². The van der Waals surface area contributed by atoms with Crippen molar-refractivity contribution in [2.45, 2.75) is 41.0 Å². The van der Waals surface area contributed by atoms with Gasteiger partial charge in [-0.3, -0.25) is 9.59 Å². The molecule has 0 heterocycles. The zero-order chi connectivity index (χ0) is 11.4. The van der Waals surface area contributed by atoms with Crippen LogP contribution in [0.3, 0.4) is 0 Å². The Morgan fingerprint density at radius 1 is 1.29 bits per heavy atom. The summed E-state index contributed by atoms with van der Waals surface area (Å²) in [6.45, 7) is 9.14. The van der Waals surface area contributed by atoms with Crippen molar-refractivity contribution in [3.8, 4) is 0 Å². The van der Waals surface area contributed by atoms with Gasteiger partial charge in [0.25, 0.3) is 0 Å². The quantitative estimate of drug-likeness (QED) is 0.639. The Kier molecular flexibility index (Phi) is 4.81. The summed E-state index contributed by atoms with van der Waals surface area (Å²) < 4.78 is 5.03. The summed E-state index contributed by atoms with van der Waals surface area (Å²) >= 11 is 0. The normalized spacial score (nSPS) is 11.6. The van der Waals surface area contributed by atoms with Gasteiger partial charge in [-0.15, -0.1) is 0 Å². The van der Waals surface area contributed by atoms with Crippen LogP contribution in [0, 0.1) is 11.3 Å². The highest BCUT2D eigenvalue weighted by atomic mass is 16.5. The van der Waals surface area contributed by atoms with Gasteiger partial charge in [-0.25, -0.2) is 0 Å². The summed E-state index contributed by atoms with van der Waals surface area (Å²) in [5, 5.41) is 0. The summed E-state index contributed by atoms with van der Waals surface area (Å²) in [5.41, 5.74) is -0.556. The first-order valence-corrected chi connectivity index (χ1v) is 5.01. The molecular weight excluding hydrogens is 180 g/mol. The molecule has 0 aromatic carbocycles. The van der Waals surface area contributed by atoms with Gasteiger partial charge in [0, 0.05) is 6.42 Å². The summed E-state index contributed by atoms with van der Waals surface area (Å²) in [4.78, 5) is 22.6. The topological polar surface area (TPSA) is 43.4 Å². The molecule has 0 rings (SSSR count). The van der Waals surface area contributed by atoms with Gasteiger partial charge in [-0.1, -0.05) is 20.8 Å². The standard InChI is InChI=1S/C11H20O3/c1-6-9(12)11(4,5)7-14-10(13)8(2)3/h8H,6-7H2,1-5H3. The number of Topliss-reactive ketones (excluding diaryl/α,β-unsaturated/α-hetero) is 1. The summed E-state index contributed by atoms with van der Waals surface area (Å²) in [7, 11) is 0. The molecule has 3 nitrogen and oxygen atoms in total. The molecule has 0 unspecified atom stereocenters. The van der Waals surface area contributed by atoms with Crippen LogP contribution in [-0.2, 0) is 14.3 Å². The molecule has 0 aliphatic heterocycles. The second kappa shape index (κ2) is 5.13. The van der Waals surface area contributed by atoms with Crippen molar-refractivity contribution in [3.05, 3.63) is 0 Å². The highest BCUT2D eigenvalue weighted by molar-refractivity contribution is 5.84. The van der Waals surface area contributed by atoms with Gasteiger partial charge in [-0.2, -0.15) is 0 Å². The minimum Gasteiger partial charge on any atom is -0.464 e. The van der Waals surface area contributed by atoms with E-state index in [1.165, 1.54) is 0 Å². The molecule has 0 saturated heterocycles. The molecule has 0 radical (unpaired) electrons. The fourth-order valence-corrected chi connectivity index (χ4v) is 0.977. The molecule has 0 aromatic heterocycles. The van der Waals surface area contributed by atoms with Gasteiger partial charge >= 0.3 is 5.97 Å². The van der Waals surface area contributed by atoms with Crippen LogP contribution in [0.4, 0.5) is 0 Å². The van der Waals surface area contributed by atoms with E-state index < -0.39 is 5.41 Å². The lowest BCUT2D eigenvalue weighted by Crippen LogP contribution is -2.31. The van der Waals surface area contributed by atoms with Crippen molar-refractivity contribution in [2.24, 2.45) is 11.3 Å². The number of rotatable bonds is 5. The third-order valence-corrected chi connectivity index (χ3v) is 2.12. The highest BCUT2D eigenvalue weighted by Gasteiger charge is 2.27. The Hall–Kier alpha value is -0.860. The first-order valence-electron chi connectivity index (χ1n) is 5.01. The maximum Gasteiger partial charge on any atom is 0.308 e. The number of ether oxygens (including phenoxy) is 1. The molecule has 0 N–H and O–H groups in total. The van der Waals surface area contributed by atoms with Crippen LogP contribution in [-0.4, -0.2) is 18.4 Å². The number of hydrogen-bond acceptors (Lipinski definition) is 3. The average molecular weight is 200 g/mol. The van der Waals surface area contributed by atoms with Crippen LogP contribution in [0.2, 0.25) is 0 Å². The van der Waals surface area contributed by atoms with E-state index in [-0.39, 0.29) is 24.3 Å². The van der Waals surface area contributed by atoms with E-state index in [4.69, 9.17) is 4.74 Å². The Bertz CT molecular complexity index is 217. The van der Waals surface area contributed by atoms with Crippen LogP contribution in [0.5, 0.6) is 0 Å². The Morgan fingerprint density at radius 2 is 1.79 bits per heavy atom. The van der Waals surface area contributed by atoms with Crippen molar-refractivity contribution >= 4 is 11.8 Å². The summed E-state index contributed by atoms with van der Waals surface area (Å²) in [6.07, 6.45) is 0.478. The molecule has 0 aliphatic rings. The van der Waals surface area contributed by atoms with E-state index in [1.807, 2.05) is 6.92 Å². The van der Waals surface area contributed by atoms with Gasteiger partial charge in [0.1, 0.15) is 12.4 Å². The van der Waals surface area contributed by atoms with Crippen molar-refractivity contribution in [2.75, 3.05) is 6.61 Å². The predicted molar refractivity (Wildman–Crippen MR) is 54.9 cm³/mol. The van der Waals surface area contributed by atoms with Crippen molar-refractivity contribution in [1.82, 2.24) is 0 Å². The van der Waals surface area contributed by atoms with Gasteiger partial charge < -0.3 is 4.74 Å². The van der Waals surface area contributed by atoms with E-state index in [0.717, 1.165) is 0 Å². The zero-order valence-corrected chi connectivity index (χ0v) is 9.72. The minimum absolute atomic E-state index is 0.119. The smallest absolute Gasteiger partial charge is 0.308 e. The van der Waals surface area contributed by atoms with E-state index in [0.29, 0.717) is 6.42 Å². The van der Waals surface area contributed by atoms with Crippen LogP contribution in [0.1, 0.15) is 41.0 Å². The number of esters is 1. The second-order valence-corrected chi connectivity index (χ2v) is 4.42. The number of carbonyl (C=O) groups excluding carboxylic acids is 2. The molecule has 0 amide bonds. The zero-order valence-electron chi connectivity index (χ0n) is 9.72. The third kappa shape index (κ3) is 3.90. The Labute approximate surface area is 85.8 Å². The van der Waals surface area contributed by atoms with Gasteiger partial charge in [-0.05, 0) is 13.8 Å². The molecule has 0 saturated carbocycles. The lowest BCUT2D eigenvalue weighted by atomic mass is 9.88. The first-order chi connectivity index (χ1) is 6.31. The molecule has 0 fully saturated rings. The van der Waals surface area contributed by atoms with Crippen molar-refractivity contribution in [3.63, 3.8) is 0 Å². The Balaban J connectivity index is 4.12. The molecular formula is C11H20O3. The molecule has 14 heavy (non-hydrogen) atoms. The SMILES string of the molecule is CCC(=O)C(C)(C)COC(=O)C(C)C. The minimum atomic E-state index is -0.556. The van der Waals surface area contributed by atoms with Gasteiger partial charge in [0.05, 0.1) is 11.3 Å². The number of carbonyl (C=O) groups is 2. The fraction of sp³-hybridized carbons (Fsp3) is 0.818. The average Bonchev–Trinajstić information content (AvgIpc) is 2.12. The molecule has 0 bridgehead atoms. The summed E-state index contributed by atoms with van der Waals surface area (Å²) in [6, 6.07) is 0. The molecule has 0 spiro atoms. The van der Waals surface area contributed by atoms with E-state index in [2.05, 4.69) is 0 Å². The van der Waals surface area contributed by atoms with E-state index in [9.17, 15) is 9.59 Å². The maximum absolute atomic E-state index is 11.4. The number of ketones is 1. The van der Waals surface area contributed by atoms with Gasteiger partial charge in [0.15, 0.2) is 0 Å². The molecule has 0 atom stereocenters. The highest BCUT2D eigenvalue weighted by Crippen LogP contribution is 2.19. The largest absolute Gasteiger partial charge is 0.464 e. The first kappa shape index (κ1) is 13.1. The van der Waals surface area contributed by atoms with Crippen LogP contribution >= 0.6 is 0 Å². The van der Waals surface area contributed by atoms with Crippen LogP contribution in [0.25, 0.3) is 0 Å². The van der Waals surface area contributed by atoms with Crippen molar-refractivity contribution in [1.29, 1.82) is 0 Å². The lowest BCUT2D eigenvalue weighted by Gasteiger charge is -2.22. The number of hydrogen-bond donors (Lipinski definition) is 0. The predicted octanol–water partition coefficient (Wildman–Crippen LogP) is 2.19. The molecule has 82 valence electrons. The van der Waals surface area contributed by atoms with E-state index in [1.54, 1.807) is 27.7 Å². The maximum atomic E-state index is 11.4. The molecule has 3 heteroatoms. The second-order valence-electron chi connectivity index (χ2n) is 4.42. The van der Waals surface area contributed by atoms with Crippen LogP contribution < -0.4 is 0 Å². The lowest BCUT2D eigenvalue weighted by molar-refractivity contribution is -0.152. The Morgan fingerprint density at radius 3 is 2.14 bits per heavy atom. The third-order valence-electron chi connectivity index (χ3n) is 2.12. The summed E-state index contributed by atoms with van der Waals surface area (Å²) in [5.74, 6) is -0.265. The molecule has 0 aliphatic carbocycles. The van der Waals surface area contributed by atoms with E-state index >= 15 is 0 Å². The monoisotopic (exact) mass is 200 g/mol. The molecule has 0 aromatic rings. The van der Waals surface area contributed by atoms with Gasteiger partial charge in [0.2, 0.25) is 0 Å². The fourth-order valence-electron chi connectivity index (χ4n) is 0.977.